The van der Waals surface area contributed by atoms with Crippen LogP contribution in [0.25, 0.3) is 0 Å². The normalized spacial score (nSPS) is 37.3. The number of nitrogens with one attached hydrogen (secondary N) is 2. The molecule has 0 aromatic rings. The van der Waals surface area contributed by atoms with Crippen LogP contribution >= 0.6 is 0 Å². The van der Waals surface area contributed by atoms with Gasteiger partial charge in [0.25, 0.3) is 0 Å². The van der Waals surface area contributed by atoms with Crippen LogP contribution in [0.4, 0.5) is 0 Å². The minimum atomic E-state index is -0.460. The molecule has 1 spiro atoms. The summed E-state index contributed by atoms with van der Waals surface area (Å²) in [6, 6.07) is 0.305. The fraction of sp³-hybridized carbons (Fsp3) is 0.719. The highest BCUT2D eigenvalue weighted by Crippen LogP contribution is 2.43. The van der Waals surface area contributed by atoms with E-state index >= 15 is 0 Å². The van der Waals surface area contributed by atoms with Gasteiger partial charge in [0.05, 0.1) is 49.1 Å². The van der Waals surface area contributed by atoms with Gasteiger partial charge in [-0.2, -0.15) is 0 Å². The van der Waals surface area contributed by atoms with Crippen molar-refractivity contribution in [2.75, 3.05) is 6.61 Å². The van der Waals surface area contributed by atoms with Crippen LogP contribution in [0.2, 0.25) is 0 Å². The summed E-state index contributed by atoms with van der Waals surface area (Å²) in [6.07, 6.45) is 13.7. The summed E-state index contributed by atoms with van der Waals surface area (Å²) in [4.78, 5) is 35.9. The van der Waals surface area contributed by atoms with Gasteiger partial charge in [0.15, 0.2) is 0 Å². The predicted octanol–water partition coefficient (Wildman–Crippen LogP) is 3.00. The number of carbonyl (C=O) groups is 3. The van der Waals surface area contributed by atoms with Gasteiger partial charge in [0, 0.05) is 37.9 Å². The molecule has 10 nitrogen and oxygen atoms in total. The molecule has 4 aliphatic rings. The lowest BCUT2D eigenvalue weighted by Gasteiger charge is -2.39. The zero-order valence-electron chi connectivity index (χ0n) is 25.7. The van der Waals surface area contributed by atoms with E-state index in [2.05, 4.69) is 42.7 Å². The second-order valence-corrected chi connectivity index (χ2v) is 12.8. The number of hydrogen-bond donors (Lipinski definition) is 3. The molecule has 1 saturated carbocycles. The molecule has 3 saturated heterocycles. The van der Waals surface area contributed by atoms with Crippen molar-refractivity contribution in [2.45, 2.75) is 134 Å². The van der Waals surface area contributed by atoms with Crippen molar-refractivity contribution in [3.63, 3.8) is 0 Å². The molecular weight excluding hydrogens is 538 g/mol. The van der Waals surface area contributed by atoms with Crippen LogP contribution in [-0.2, 0) is 33.3 Å². The zero-order chi connectivity index (χ0) is 30.4. The van der Waals surface area contributed by atoms with E-state index in [1.807, 2.05) is 6.92 Å². The third-order valence-corrected chi connectivity index (χ3v) is 8.71. The Morgan fingerprint density at radius 1 is 1.07 bits per heavy atom. The number of allylic oxidation sites excluding steroid dienone is 2. The molecule has 0 bridgehead atoms. The molecule has 1 aliphatic carbocycles. The average Bonchev–Trinajstić information content (AvgIpc) is 3.63. The first-order valence-corrected chi connectivity index (χ1v) is 15.4. The van der Waals surface area contributed by atoms with Crippen molar-refractivity contribution in [1.82, 2.24) is 10.6 Å². The van der Waals surface area contributed by atoms with E-state index in [1.165, 1.54) is 13.0 Å². The molecule has 0 aromatic carbocycles. The van der Waals surface area contributed by atoms with E-state index in [1.54, 1.807) is 13.0 Å². The van der Waals surface area contributed by atoms with Crippen molar-refractivity contribution >= 4 is 17.8 Å². The van der Waals surface area contributed by atoms with Gasteiger partial charge in [-0.25, -0.2) is 0 Å². The van der Waals surface area contributed by atoms with Crippen LogP contribution in [0.3, 0.4) is 0 Å². The second kappa shape index (κ2) is 14.3. The van der Waals surface area contributed by atoms with E-state index in [0.29, 0.717) is 6.42 Å². The molecule has 4 N–H and O–H groups in total. The van der Waals surface area contributed by atoms with Gasteiger partial charge in [0.1, 0.15) is 6.10 Å². The minimum absolute atomic E-state index is 0.0244. The van der Waals surface area contributed by atoms with Crippen molar-refractivity contribution in [3.8, 4) is 0 Å². The first-order chi connectivity index (χ1) is 19.9. The Labute approximate surface area is 249 Å². The number of carbonyl (C=O) groups excluding carboxylic acids is 3. The maximum absolute atomic E-state index is 12.5. The summed E-state index contributed by atoms with van der Waals surface area (Å²) in [5.74, 6) is -0.323. The Hall–Kier alpha value is -2.53. The summed E-state index contributed by atoms with van der Waals surface area (Å²) >= 11 is 0. The lowest BCUT2D eigenvalue weighted by molar-refractivity contribution is -0.143. The Kier molecular flexibility index (Phi) is 11.0. The predicted molar refractivity (Wildman–Crippen MR) is 158 cm³/mol. The van der Waals surface area contributed by atoms with E-state index < -0.39 is 6.10 Å². The second-order valence-electron chi connectivity index (χ2n) is 12.8. The third-order valence-electron chi connectivity index (χ3n) is 8.71. The molecule has 0 aromatic heterocycles. The maximum Gasteiger partial charge on any atom is 0.303 e. The number of ether oxygens (including phenoxy) is 4. The number of hydrogen-bond acceptors (Lipinski definition) is 8. The minimum Gasteiger partial charge on any atom is -0.459 e. The lowest BCUT2D eigenvalue weighted by atomic mass is 9.87. The van der Waals surface area contributed by atoms with Gasteiger partial charge in [-0.15, -0.1) is 0 Å². The van der Waals surface area contributed by atoms with Gasteiger partial charge in [-0.05, 0) is 58.4 Å². The van der Waals surface area contributed by atoms with Crippen LogP contribution < -0.4 is 16.4 Å². The Bertz CT molecular complexity index is 1060. The summed E-state index contributed by atoms with van der Waals surface area (Å²) in [6.45, 7) is 9.98. The quantitative estimate of drug-likeness (QED) is 0.145. The molecule has 234 valence electrons. The molecule has 2 amide bonds. The molecule has 3 aliphatic heterocycles. The highest BCUT2D eigenvalue weighted by atomic mass is 16.6. The fourth-order valence-corrected chi connectivity index (χ4v) is 6.15. The monoisotopic (exact) mass is 587 g/mol. The van der Waals surface area contributed by atoms with Crippen molar-refractivity contribution in [3.05, 3.63) is 36.0 Å². The van der Waals surface area contributed by atoms with Crippen LogP contribution in [0, 0.1) is 5.92 Å². The highest BCUT2D eigenvalue weighted by Gasteiger charge is 2.51. The van der Waals surface area contributed by atoms with E-state index in [9.17, 15) is 14.4 Å². The van der Waals surface area contributed by atoms with E-state index in [-0.39, 0.29) is 71.8 Å². The van der Waals surface area contributed by atoms with Gasteiger partial charge in [-0.3, -0.25) is 14.4 Å². The topological polar surface area (TPSA) is 142 Å². The standard InChI is InChI=1S/C32H49N3O7/c1-19(6-9-26-16-32(18-39-32)17-27(42-26)15-31(38)34-25-13-24(33)14-25)7-10-29-20(2)12-28(22(4)41-29)35-30(37)11-8-21(3)40-23(5)36/h6-9,11,20-22,24-29H,10,12-18,33H2,1-5H3,(H,34,38)(H,35,37)/b9-6+,11-8-,19-7+/t20-,21-,22+,24-,25-,26+,27+,28+,29-,32+/m0/s1. The summed E-state index contributed by atoms with van der Waals surface area (Å²) in [5.41, 5.74) is 6.80. The molecule has 10 heteroatoms. The van der Waals surface area contributed by atoms with Gasteiger partial charge in [-0.1, -0.05) is 30.7 Å². The molecule has 8 atom stereocenters. The Balaban J connectivity index is 1.22. The highest BCUT2D eigenvalue weighted by molar-refractivity contribution is 5.87. The average molecular weight is 588 g/mol. The van der Waals surface area contributed by atoms with Gasteiger partial charge >= 0.3 is 5.97 Å². The number of amides is 2. The van der Waals surface area contributed by atoms with Crippen molar-refractivity contribution in [1.29, 1.82) is 0 Å². The number of epoxide rings is 1. The summed E-state index contributed by atoms with van der Waals surface area (Å²) < 4.78 is 23.4. The van der Waals surface area contributed by atoms with Crippen molar-refractivity contribution in [2.24, 2.45) is 11.7 Å². The SMILES string of the molecule is CC(=O)O[C@@H](C)/C=C\C(=O)N[C@@H]1C[C@H](C)[C@H](C/C=C(C)/C=C/[C@@H]2C[C@]3(CO3)C[C@@H](CC(=O)N[C@H]3C[C@H](N)C3)O2)O[C@@H]1C. The smallest absolute Gasteiger partial charge is 0.303 e. The number of nitrogens with two attached hydrogens (primary N) is 1. The summed E-state index contributed by atoms with van der Waals surface area (Å²) in [7, 11) is 0. The molecule has 0 unspecified atom stereocenters. The first-order valence-electron chi connectivity index (χ1n) is 15.4. The van der Waals surface area contributed by atoms with Crippen molar-refractivity contribution < 1.29 is 33.3 Å². The van der Waals surface area contributed by atoms with Crippen LogP contribution in [0.5, 0.6) is 0 Å². The molecular formula is C32H49N3O7. The van der Waals surface area contributed by atoms with Crippen LogP contribution in [0.1, 0.15) is 79.6 Å². The zero-order valence-corrected chi connectivity index (χ0v) is 25.7. The van der Waals surface area contributed by atoms with Gasteiger partial charge < -0.3 is 35.3 Å². The Morgan fingerprint density at radius 3 is 2.48 bits per heavy atom. The van der Waals surface area contributed by atoms with Crippen LogP contribution in [-0.4, -0.2) is 78.6 Å². The molecule has 0 radical (unpaired) electrons. The third kappa shape index (κ3) is 9.76. The first kappa shape index (κ1) is 32.4. The Morgan fingerprint density at radius 2 is 1.81 bits per heavy atom. The van der Waals surface area contributed by atoms with Crippen LogP contribution in [0.15, 0.2) is 36.0 Å². The fourth-order valence-electron chi connectivity index (χ4n) is 6.15. The van der Waals surface area contributed by atoms with E-state index in [0.717, 1.165) is 50.7 Å². The molecule has 4 rings (SSSR count). The maximum atomic E-state index is 12.5. The number of rotatable bonds is 11. The molecule has 4 fully saturated rings. The number of esters is 1. The molecule has 42 heavy (non-hydrogen) atoms. The van der Waals surface area contributed by atoms with E-state index in [4.69, 9.17) is 24.7 Å². The summed E-state index contributed by atoms with van der Waals surface area (Å²) in [5, 5.41) is 6.09. The lowest BCUT2D eigenvalue weighted by Crippen LogP contribution is -2.51. The van der Waals surface area contributed by atoms with Gasteiger partial charge in [0.2, 0.25) is 11.8 Å². The largest absolute Gasteiger partial charge is 0.459 e. The molecule has 3 heterocycles.